The van der Waals surface area contributed by atoms with Crippen molar-refractivity contribution in [2.45, 2.75) is 24.9 Å². The van der Waals surface area contributed by atoms with Gasteiger partial charge in [-0.25, -0.2) is 0 Å². The maximum absolute atomic E-state index is 12.9. The van der Waals surface area contributed by atoms with E-state index in [9.17, 15) is 9.46 Å². The van der Waals surface area contributed by atoms with Crippen molar-refractivity contribution in [1.29, 1.82) is 0 Å². The fraction of sp³-hybridized carbons (Fsp3) is 0.333. The summed E-state index contributed by atoms with van der Waals surface area (Å²) in [5, 5.41) is 0.785. The first kappa shape index (κ1) is 19.8. The second-order valence-corrected chi connectivity index (χ2v) is 8.49. The maximum atomic E-state index is 12.9. The monoisotopic (exact) mass is 362 g/mol. The molecule has 0 aliphatic rings. The summed E-state index contributed by atoms with van der Waals surface area (Å²) in [7, 11) is -3.63. The van der Waals surface area contributed by atoms with E-state index in [4.69, 9.17) is 22.9 Å². The van der Waals surface area contributed by atoms with E-state index in [0.29, 0.717) is 36.5 Å². The van der Waals surface area contributed by atoms with Gasteiger partial charge in [0.05, 0.1) is 0 Å². The second-order valence-electron chi connectivity index (χ2n) is 6.31. The van der Waals surface area contributed by atoms with E-state index in [1.54, 1.807) is 24.3 Å². The third-order valence-electron chi connectivity index (χ3n) is 4.17. The molecule has 0 unspecified atom stereocenters. The molecule has 9 N–H and O–H groups in total. The predicted octanol–water partition coefficient (Wildman–Crippen LogP) is -0.435. The van der Waals surface area contributed by atoms with Crippen molar-refractivity contribution in [3.05, 3.63) is 59.7 Å². The molecule has 0 aliphatic heterocycles. The molecule has 2 atom stereocenters. The minimum Gasteiger partial charge on any atom is -0.338 e. The van der Waals surface area contributed by atoms with E-state index in [1.165, 1.54) is 0 Å². The van der Waals surface area contributed by atoms with Gasteiger partial charge in [-0.05, 0) is 48.2 Å². The third kappa shape index (κ3) is 5.22. The Bertz CT molecular complexity index is 659. The van der Waals surface area contributed by atoms with Gasteiger partial charge in [0.15, 0.2) is 0 Å². The molecule has 0 saturated carbocycles. The Morgan fingerprint density at radius 1 is 0.760 bits per heavy atom. The zero-order valence-electron chi connectivity index (χ0n) is 14.2. The standard InChI is InChI=1S/C18H27N4O2P/c19-11-15(21)9-13-1-5-17(6-2-13)25(23,24)18-7-3-14(4-8-18)10-16(22)12-20/h1-8,15-16H,9-12,19-22H2,(H,23,24)/t15-,16-/m0/s1. The zero-order chi connectivity index (χ0) is 18.4. The fourth-order valence-electron chi connectivity index (χ4n) is 2.59. The molecular weight excluding hydrogens is 335 g/mol. The van der Waals surface area contributed by atoms with Crippen LogP contribution >= 0.6 is 7.37 Å². The first-order valence-corrected chi connectivity index (χ1v) is 9.96. The van der Waals surface area contributed by atoms with Crippen molar-refractivity contribution in [2.24, 2.45) is 22.9 Å². The first-order chi connectivity index (χ1) is 11.9. The SMILES string of the molecule is NC[C@@H](N)Cc1ccc(P(=O)(O)c2ccc(C[C@H](N)CN)cc2)cc1. The van der Waals surface area contributed by atoms with Crippen LogP contribution in [0.4, 0.5) is 0 Å². The summed E-state index contributed by atoms with van der Waals surface area (Å²) in [5.41, 5.74) is 24.7. The lowest BCUT2D eigenvalue weighted by atomic mass is 10.1. The zero-order valence-corrected chi connectivity index (χ0v) is 15.1. The van der Waals surface area contributed by atoms with Gasteiger partial charge in [-0.1, -0.05) is 24.3 Å². The van der Waals surface area contributed by atoms with Crippen molar-refractivity contribution in [3.63, 3.8) is 0 Å². The molecule has 0 amide bonds. The van der Waals surface area contributed by atoms with Crippen LogP contribution in [0.5, 0.6) is 0 Å². The van der Waals surface area contributed by atoms with Crippen molar-refractivity contribution < 1.29 is 9.46 Å². The lowest BCUT2D eigenvalue weighted by Gasteiger charge is -2.15. The molecule has 0 heterocycles. The molecule has 25 heavy (non-hydrogen) atoms. The summed E-state index contributed by atoms with van der Waals surface area (Å²) < 4.78 is 12.9. The molecule has 2 aromatic carbocycles. The summed E-state index contributed by atoms with van der Waals surface area (Å²) in [5.74, 6) is 0. The van der Waals surface area contributed by atoms with Crippen LogP contribution in [0.2, 0.25) is 0 Å². The van der Waals surface area contributed by atoms with Gasteiger partial charge in [0.25, 0.3) is 7.37 Å². The van der Waals surface area contributed by atoms with E-state index in [2.05, 4.69) is 0 Å². The Kier molecular flexibility index (Phi) is 6.90. The summed E-state index contributed by atoms with van der Waals surface area (Å²) in [6.07, 6.45) is 1.28. The Morgan fingerprint density at radius 2 is 1.08 bits per heavy atom. The number of nitrogens with two attached hydrogens (primary N) is 4. The highest BCUT2D eigenvalue weighted by atomic mass is 31.2. The molecule has 0 aromatic heterocycles. The van der Waals surface area contributed by atoms with Crippen LogP contribution in [0.1, 0.15) is 11.1 Å². The quantitative estimate of drug-likeness (QED) is 0.403. The first-order valence-electron chi connectivity index (χ1n) is 8.30. The lowest BCUT2D eigenvalue weighted by Crippen LogP contribution is -2.31. The minimum atomic E-state index is -3.63. The molecule has 0 aliphatic carbocycles. The molecule has 0 bridgehead atoms. The van der Waals surface area contributed by atoms with Gasteiger partial charge >= 0.3 is 0 Å². The van der Waals surface area contributed by atoms with E-state index in [0.717, 1.165) is 11.1 Å². The van der Waals surface area contributed by atoms with Crippen LogP contribution < -0.4 is 33.5 Å². The lowest BCUT2D eigenvalue weighted by molar-refractivity contribution is 0.501. The van der Waals surface area contributed by atoms with Crippen LogP contribution in [-0.2, 0) is 17.4 Å². The molecule has 136 valence electrons. The Morgan fingerprint density at radius 3 is 1.36 bits per heavy atom. The van der Waals surface area contributed by atoms with Crippen LogP contribution in [0.3, 0.4) is 0 Å². The third-order valence-corrected chi connectivity index (χ3v) is 6.17. The van der Waals surface area contributed by atoms with Gasteiger partial charge in [-0.15, -0.1) is 0 Å². The number of rotatable bonds is 8. The highest BCUT2D eigenvalue weighted by Crippen LogP contribution is 2.38. The molecular formula is C18H27N4O2P. The Balaban J connectivity index is 2.16. The van der Waals surface area contributed by atoms with Gasteiger partial charge < -0.3 is 27.8 Å². The maximum Gasteiger partial charge on any atom is 0.258 e. The molecule has 0 saturated heterocycles. The number of benzene rings is 2. The van der Waals surface area contributed by atoms with E-state index in [-0.39, 0.29) is 12.1 Å². The van der Waals surface area contributed by atoms with Gasteiger partial charge in [0.2, 0.25) is 0 Å². The van der Waals surface area contributed by atoms with Crippen LogP contribution in [0.25, 0.3) is 0 Å². The van der Waals surface area contributed by atoms with Gasteiger partial charge in [0.1, 0.15) is 0 Å². The molecule has 2 aromatic rings. The van der Waals surface area contributed by atoms with Crippen molar-refractivity contribution in [2.75, 3.05) is 13.1 Å². The second kappa shape index (κ2) is 8.72. The molecule has 0 fully saturated rings. The number of hydrogen-bond donors (Lipinski definition) is 5. The van der Waals surface area contributed by atoms with Crippen molar-refractivity contribution >= 4 is 18.0 Å². The van der Waals surface area contributed by atoms with Crippen LogP contribution in [-0.4, -0.2) is 30.1 Å². The minimum absolute atomic E-state index is 0.112. The van der Waals surface area contributed by atoms with E-state index < -0.39 is 7.37 Å². The molecule has 0 radical (unpaired) electrons. The van der Waals surface area contributed by atoms with Crippen LogP contribution in [0.15, 0.2) is 48.5 Å². The Labute approximate surface area is 148 Å². The van der Waals surface area contributed by atoms with E-state index in [1.807, 2.05) is 24.3 Å². The van der Waals surface area contributed by atoms with Gasteiger partial charge in [0, 0.05) is 35.8 Å². The fourth-order valence-corrected chi connectivity index (χ4v) is 3.99. The molecule has 2 rings (SSSR count). The summed E-state index contributed by atoms with van der Waals surface area (Å²) in [6.45, 7) is 0.806. The summed E-state index contributed by atoms with van der Waals surface area (Å²) >= 11 is 0. The number of hydrogen-bond acceptors (Lipinski definition) is 5. The van der Waals surface area contributed by atoms with Crippen LogP contribution in [0, 0.1) is 0 Å². The van der Waals surface area contributed by atoms with Gasteiger partial charge in [-0.2, -0.15) is 0 Å². The normalized spacial score (nSPS) is 14.3. The Hall–Kier alpha value is -1.53. The highest BCUT2D eigenvalue weighted by molar-refractivity contribution is 7.73. The smallest absolute Gasteiger partial charge is 0.258 e. The van der Waals surface area contributed by atoms with Crippen molar-refractivity contribution in [3.8, 4) is 0 Å². The summed E-state index contributed by atoms with van der Waals surface area (Å²) in [4.78, 5) is 10.6. The highest BCUT2D eigenvalue weighted by Gasteiger charge is 2.24. The molecule has 0 spiro atoms. The summed E-state index contributed by atoms with van der Waals surface area (Å²) in [6, 6.07) is 13.8. The predicted molar refractivity (Wildman–Crippen MR) is 103 cm³/mol. The molecule has 6 nitrogen and oxygen atoms in total. The van der Waals surface area contributed by atoms with E-state index >= 15 is 0 Å². The van der Waals surface area contributed by atoms with Gasteiger partial charge in [-0.3, -0.25) is 4.57 Å². The van der Waals surface area contributed by atoms with Crippen molar-refractivity contribution in [1.82, 2.24) is 0 Å². The molecule has 7 heteroatoms. The largest absolute Gasteiger partial charge is 0.338 e. The average molecular weight is 362 g/mol. The average Bonchev–Trinajstić information content (AvgIpc) is 2.62. The topological polar surface area (TPSA) is 141 Å².